The molecule has 7 nitrogen and oxygen atoms in total. The highest BCUT2D eigenvalue weighted by molar-refractivity contribution is 5.88. The lowest BCUT2D eigenvalue weighted by Crippen LogP contribution is -1.95. The van der Waals surface area contributed by atoms with Crippen LogP contribution in [0.3, 0.4) is 0 Å². The van der Waals surface area contributed by atoms with Crippen LogP contribution in [0.15, 0.2) is 35.0 Å². The Balaban J connectivity index is 1.86. The molecule has 0 unspecified atom stereocenters. The first-order chi connectivity index (χ1) is 10.2. The second kappa shape index (κ2) is 5.66. The predicted molar refractivity (Wildman–Crippen MR) is 73.4 cm³/mol. The Labute approximate surface area is 119 Å². The summed E-state index contributed by atoms with van der Waals surface area (Å²) < 4.78 is 5.58. The monoisotopic (exact) mass is 284 g/mol. The minimum Gasteiger partial charge on any atom is -0.481 e. The lowest BCUT2D eigenvalue weighted by molar-refractivity contribution is -0.137. The minimum absolute atomic E-state index is 0.0808. The maximum Gasteiger partial charge on any atom is 0.303 e. The highest BCUT2D eigenvalue weighted by atomic mass is 16.4. The van der Waals surface area contributed by atoms with Crippen molar-refractivity contribution in [3.8, 4) is 11.5 Å². The quantitative estimate of drug-likeness (QED) is 0.765. The number of fused-ring (bicyclic) bond motifs is 1. The molecule has 3 aromatic rings. The van der Waals surface area contributed by atoms with E-state index in [9.17, 15) is 4.79 Å². The number of carboxylic acid groups (broad SMARTS) is 1. The topological polar surface area (TPSA) is 102 Å². The van der Waals surface area contributed by atoms with Gasteiger partial charge in [-0.25, -0.2) is 0 Å². The molecule has 0 aliphatic heterocycles. The average Bonchev–Trinajstić information content (AvgIpc) is 2.95. The van der Waals surface area contributed by atoms with Gasteiger partial charge in [-0.1, -0.05) is 6.07 Å². The highest BCUT2D eigenvalue weighted by Gasteiger charge is 2.13. The van der Waals surface area contributed by atoms with Crippen LogP contribution in [0.25, 0.3) is 22.5 Å². The van der Waals surface area contributed by atoms with Gasteiger partial charge in [-0.2, -0.15) is 0 Å². The van der Waals surface area contributed by atoms with E-state index in [-0.39, 0.29) is 6.42 Å². The van der Waals surface area contributed by atoms with Gasteiger partial charge >= 0.3 is 5.97 Å². The molecule has 2 heterocycles. The van der Waals surface area contributed by atoms with E-state index < -0.39 is 5.97 Å². The third-order valence-electron chi connectivity index (χ3n) is 2.98. The summed E-state index contributed by atoms with van der Waals surface area (Å²) in [5, 5.41) is 16.6. The molecule has 0 amide bonds. The highest BCUT2D eigenvalue weighted by Crippen LogP contribution is 2.25. The number of benzene rings is 1. The van der Waals surface area contributed by atoms with Gasteiger partial charge in [0.1, 0.15) is 5.52 Å². The number of para-hydroxylation sites is 1. The van der Waals surface area contributed by atoms with Crippen LogP contribution in [0.5, 0.6) is 0 Å². The number of nitrogens with zero attached hydrogens (tertiary/aromatic N) is 4. The zero-order valence-corrected chi connectivity index (χ0v) is 11.1. The molecule has 0 aliphatic carbocycles. The maximum absolute atomic E-state index is 10.5. The third-order valence-corrected chi connectivity index (χ3v) is 2.98. The Kier molecular flexibility index (Phi) is 3.55. The number of aliphatic carboxylic acids is 1. The second-order valence-corrected chi connectivity index (χ2v) is 4.48. The average molecular weight is 284 g/mol. The Morgan fingerprint density at radius 2 is 2.05 bits per heavy atom. The lowest BCUT2D eigenvalue weighted by Gasteiger charge is -1.99. The molecule has 1 aromatic carbocycles. The third kappa shape index (κ3) is 2.86. The van der Waals surface area contributed by atoms with Crippen molar-refractivity contribution in [2.24, 2.45) is 0 Å². The summed E-state index contributed by atoms with van der Waals surface area (Å²) in [5.41, 5.74) is 2.17. The fourth-order valence-electron chi connectivity index (χ4n) is 2.02. The number of hydrogen-bond donors (Lipinski definition) is 1. The molecule has 2 aromatic heterocycles. The van der Waals surface area contributed by atoms with E-state index in [1.807, 2.05) is 18.2 Å². The molecule has 0 bridgehead atoms. The first kappa shape index (κ1) is 13.2. The van der Waals surface area contributed by atoms with Crippen molar-refractivity contribution in [3.63, 3.8) is 0 Å². The predicted octanol–water partition coefficient (Wildman–Crippen LogP) is 2.09. The summed E-state index contributed by atoms with van der Waals surface area (Å²) in [6.45, 7) is 0. The van der Waals surface area contributed by atoms with Crippen molar-refractivity contribution < 1.29 is 14.3 Å². The van der Waals surface area contributed by atoms with Gasteiger partial charge in [-0.15, -0.1) is 10.2 Å². The Bertz CT molecular complexity index is 779. The number of aryl methyl sites for hydroxylation is 1. The van der Waals surface area contributed by atoms with Gasteiger partial charge in [0.25, 0.3) is 0 Å². The Morgan fingerprint density at radius 3 is 2.90 bits per heavy atom. The SMILES string of the molecule is O=C(O)CCCc1nnc(-c2cccc3nccnc23)o1. The summed E-state index contributed by atoms with van der Waals surface area (Å²) in [4.78, 5) is 19.0. The van der Waals surface area contributed by atoms with Crippen LogP contribution in [-0.2, 0) is 11.2 Å². The smallest absolute Gasteiger partial charge is 0.303 e. The molecule has 0 saturated carbocycles. The van der Waals surface area contributed by atoms with Gasteiger partial charge in [0, 0.05) is 25.2 Å². The first-order valence-corrected chi connectivity index (χ1v) is 6.48. The van der Waals surface area contributed by atoms with Gasteiger partial charge < -0.3 is 9.52 Å². The molecule has 0 spiro atoms. The van der Waals surface area contributed by atoms with E-state index in [0.717, 1.165) is 11.1 Å². The Hall–Kier alpha value is -2.83. The number of carbonyl (C=O) groups is 1. The zero-order chi connectivity index (χ0) is 14.7. The number of rotatable bonds is 5. The molecular formula is C14H12N4O3. The van der Waals surface area contributed by atoms with E-state index in [0.29, 0.717) is 30.1 Å². The van der Waals surface area contributed by atoms with Crippen molar-refractivity contribution in [1.82, 2.24) is 20.2 Å². The summed E-state index contributed by atoms with van der Waals surface area (Å²) >= 11 is 0. The summed E-state index contributed by atoms with van der Waals surface area (Å²) in [5.74, 6) is -0.0439. The van der Waals surface area contributed by atoms with Crippen molar-refractivity contribution in [3.05, 3.63) is 36.5 Å². The van der Waals surface area contributed by atoms with E-state index in [2.05, 4.69) is 20.2 Å². The molecule has 0 atom stereocenters. The van der Waals surface area contributed by atoms with Gasteiger partial charge in [-0.05, 0) is 18.6 Å². The van der Waals surface area contributed by atoms with Crippen LogP contribution in [0.4, 0.5) is 0 Å². The fraction of sp³-hybridized carbons (Fsp3) is 0.214. The second-order valence-electron chi connectivity index (χ2n) is 4.48. The summed E-state index contributed by atoms with van der Waals surface area (Å²) in [6, 6.07) is 5.54. The normalized spacial score (nSPS) is 10.9. The number of hydrogen-bond acceptors (Lipinski definition) is 6. The van der Waals surface area contributed by atoms with E-state index in [1.54, 1.807) is 12.4 Å². The van der Waals surface area contributed by atoms with Crippen molar-refractivity contribution in [1.29, 1.82) is 0 Å². The molecule has 0 aliphatic rings. The van der Waals surface area contributed by atoms with E-state index in [4.69, 9.17) is 9.52 Å². The van der Waals surface area contributed by atoms with Crippen molar-refractivity contribution in [2.75, 3.05) is 0 Å². The zero-order valence-electron chi connectivity index (χ0n) is 11.1. The molecule has 0 radical (unpaired) electrons. The lowest BCUT2D eigenvalue weighted by atomic mass is 10.2. The summed E-state index contributed by atoms with van der Waals surface area (Å²) in [6.07, 6.45) is 4.22. The van der Waals surface area contributed by atoms with Crippen molar-refractivity contribution >= 4 is 17.0 Å². The van der Waals surface area contributed by atoms with Gasteiger partial charge in [0.2, 0.25) is 11.8 Å². The van der Waals surface area contributed by atoms with Gasteiger partial charge in [-0.3, -0.25) is 14.8 Å². The van der Waals surface area contributed by atoms with Gasteiger partial charge in [0.15, 0.2) is 0 Å². The summed E-state index contributed by atoms with van der Waals surface area (Å²) in [7, 11) is 0. The van der Waals surface area contributed by atoms with Gasteiger partial charge in [0.05, 0.1) is 11.1 Å². The van der Waals surface area contributed by atoms with E-state index >= 15 is 0 Å². The molecule has 1 N–H and O–H groups in total. The molecular weight excluding hydrogens is 272 g/mol. The standard InChI is InChI=1S/C14H12N4O3/c19-12(20)6-2-5-11-17-18-14(21-11)9-3-1-4-10-13(9)16-8-7-15-10/h1,3-4,7-8H,2,5-6H2,(H,19,20). The molecule has 106 valence electrons. The number of aromatic nitrogens is 4. The van der Waals surface area contributed by atoms with Crippen LogP contribution >= 0.6 is 0 Å². The molecule has 7 heteroatoms. The maximum atomic E-state index is 10.5. The van der Waals surface area contributed by atoms with Crippen LogP contribution in [-0.4, -0.2) is 31.2 Å². The molecule has 0 saturated heterocycles. The van der Waals surface area contributed by atoms with Crippen LogP contribution in [0, 0.1) is 0 Å². The Morgan fingerprint density at radius 1 is 1.19 bits per heavy atom. The fourth-order valence-corrected chi connectivity index (χ4v) is 2.02. The molecule has 21 heavy (non-hydrogen) atoms. The first-order valence-electron chi connectivity index (χ1n) is 6.48. The molecule has 0 fully saturated rings. The largest absolute Gasteiger partial charge is 0.481 e. The van der Waals surface area contributed by atoms with Crippen LogP contribution in [0.2, 0.25) is 0 Å². The van der Waals surface area contributed by atoms with Crippen LogP contribution < -0.4 is 0 Å². The van der Waals surface area contributed by atoms with Crippen molar-refractivity contribution in [2.45, 2.75) is 19.3 Å². The molecule has 3 rings (SSSR count). The van der Waals surface area contributed by atoms with E-state index in [1.165, 1.54) is 0 Å². The van der Waals surface area contributed by atoms with Crippen LogP contribution in [0.1, 0.15) is 18.7 Å². The minimum atomic E-state index is -0.834. The number of carboxylic acids is 1.